The molecule has 0 bridgehead atoms. The number of amides is 2. The molecule has 2 amide bonds. The second kappa shape index (κ2) is 5.09. The fraction of sp³-hybridized carbons (Fsp3) is 0.0625. The first-order chi connectivity index (χ1) is 9.75. The van der Waals surface area contributed by atoms with Crippen molar-refractivity contribution in [1.82, 2.24) is 0 Å². The predicted octanol–water partition coefficient (Wildman–Crippen LogP) is 3.38. The monoisotopic (exact) mass is 265 g/mol. The Labute approximate surface area is 117 Å². The number of para-hydroxylation sites is 3. The van der Waals surface area contributed by atoms with Crippen molar-refractivity contribution in [2.75, 3.05) is 16.0 Å². The normalized spacial score (nSPS) is 12.9. The summed E-state index contributed by atoms with van der Waals surface area (Å²) in [6.07, 6.45) is 4.60. The molecule has 1 heterocycles. The summed E-state index contributed by atoms with van der Waals surface area (Å²) in [5.74, 6) is 0. The van der Waals surface area contributed by atoms with Gasteiger partial charge in [-0.1, -0.05) is 36.4 Å². The van der Waals surface area contributed by atoms with Gasteiger partial charge in [-0.25, -0.2) is 4.79 Å². The SMILES string of the molecule is Nc1ccccc1NC(=O)N1C=CCc2ccccc21. The number of rotatable bonds is 1. The van der Waals surface area contributed by atoms with E-state index in [0.717, 1.165) is 17.7 Å². The van der Waals surface area contributed by atoms with Crippen LogP contribution < -0.4 is 16.0 Å². The quantitative estimate of drug-likeness (QED) is 0.776. The predicted molar refractivity (Wildman–Crippen MR) is 81.6 cm³/mol. The molecule has 0 saturated carbocycles. The Kier molecular flexibility index (Phi) is 3.13. The van der Waals surface area contributed by atoms with E-state index >= 15 is 0 Å². The standard InChI is InChI=1S/C16H15N3O/c17-13-8-2-3-9-14(13)18-16(20)19-11-5-7-12-6-1-4-10-15(12)19/h1-6,8-11H,7,17H2,(H,18,20). The fourth-order valence-electron chi connectivity index (χ4n) is 2.25. The number of fused-ring (bicyclic) bond motifs is 1. The lowest BCUT2D eigenvalue weighted by Gasteiger charge is -2.25. The minimum absolute atomic E-state index is 0.216. The first kappa shape index (κ1) is 12.3. The van der Waals surface area contributed by atoms with Gasteiger partial charge in [0.05, 0.1) is 17.1 Å². The zero-order chi connectivity index (χ0) is 13.9. The summed E-state index contributed by atoms with van der Waals surface area (Å²) < 4.78 is 0. The largest absolute Gasteiger partial charge is 0.397 e. The number of carbonyl (C=O) groups is 1. The number of carbonyl (C=O) groups excluding carboxylic acids is 1. The second-order valence-corrected chi connectivity index (χ2v) is 4.61. The topological polar surface area (TPSA) is 58.4 Å². The van der Waals surface area contributed by atoms with Gasteiger partial charge in [0, 0.05) is 6.20 Å². The molecular formula is C16H15N3O. The first-order valence-corrected chi connectivity index (χ1v) is 6.45. The second-order valence-electron chi connectivity index (χ2n) is 4.61. The molecule has 20 heavy (non-hydrogen) atoms. The molecule has 4 nitrogen and oxygen atoms in total. The molecule has 0 radical (unpaired) electrons. The van der Waals surface area contributed by atoms with E-state index in [1.807, 2.05) is 42.5 Å². The summed E-state index contributed by atoms with van der Waals surface area (Å²) >= 11 is 0. The van der Waals surface area contributed by atoms with Gasteiger partial charge < -0.3 is 11.1 Å². The maximum Gasteiger partial charge on any atom is 0.330 e. The molecule has 3 N–H and O–H groups in total. The minimum Gasteiger partial charge on any atom is -0.397 e. The molecule has 1 aliphatic rings. The van der Waals surface area contributed by atoms with E-state index < -0.39 is 0 Å². The van der Waals surface area contributed by atoms with Crippen molar-refractivity contribution in [3.05, 3.63) is 66.4 Å². The van der Waals surface area contributed by atoms with Gasteiger partial charge in [-0.05, 0) is 30.2 Å². The third-order valence-corrected chi connectivity index (χ3v) is 3.26. The van der Waals surface area contributed by atoms with Crippen LogP contribution in [0.25, 0.3) is 0 Å². The molecule has 0 spiro atoms. The molecule has 0 aliphatic carbocycles. The summed E-state index contributed by atoms with van der Waals surface area (Å²) in [5.41, 5.74) is 9.05. The van der Waals surface area contributed by atoms with Crippen molar-refractivity contribution in [1.29, 1.82) is 0 Å². The Morgan fingerprint density at radius 2 is 1.85 bits per heavy atom. The lowest BCUT2D eigenvalue weighted by atomic mass is 10.1. The summed E-state index contributed by atoms with van der Waals surface area (Å²) in [4.78, 5) is 14.0. The molecular weight excluding hydrogens is 250 g/mol. The number of urea groups is 1. The van der Waals surface area contributed by atoms with Crippen LogP contribution in [0, 0.1) is 0 Å². The van der Waals surface area contributed by atoms with Crippen LogP contribution in [0.4, 0.5) is 21.9 Å². The number of hydrogen-bond acceptors (Lipinski definition) is 2. The minimum atomic E-state index is -0.216. The van der Waals surface area contributed by atoms with Gasteiger partial charge in [0.15, 0.2) is 0 Å². The average molecular weight is 265 g/mol. The van der Waals surface area contributed by atoms with Gasteiger partial charge in [-0.2, -0.15) is 0 Å². The highest BCUT2D eigenvalue weighted by Crippen LogP contribution is 2.26. The molecule has 2 aromatic rings. The van der Waals surface area contributed by atoms with Crippen LogP contribution in [0.15, 0.2) is 60.8 Å². The molecule has 0 aromatic heterocycles. The van der Waals surface area contributed by atoms with Crippen LogP contribution in [-0.4, -0.2) is 6.03 Å². The maximum absolute atomic E-state index is 12.4. The molecule has 4 heteroatoms. The van der Waals surface area contributed by atoms with E-state index in [0.29, 0.717) is 11.4 Å². The molecule has 0 unspecified atom stereocenters. The van der Waals surface area contributed by atoms with Crippen LogP contribution >= 0.6 is 0 Å². The summed E-state index contributed by atoms with van der Waals surface area (Å²) in [6, 6.07) is 14.9. The Balaban J connectivity index is 1.86. The number of nitrogen functional groups attached to an aromatic ring is 1. The van der Waals surface area contributed by atoms with E-state index in [2.05, 4.69) is 5.32 Å². The molecule has 100 valence electrons. The van der Waals surface area contributed by atoms with Crippen LogP contribution in [0.2, 0.25) is 0 Å². The highest BCUT2D eigenvalue weighted by molar-refractivity contribution is 6.05. The number of anilines is 3. The zero-order valence-electron chi connectivity index (χ0n) is 10.9. The number of nitrogens with two attached hydrogens (primary N) is 1. The molecule has 0 saturated heterocycles. The van der Waals surface area contributed by atoms with Gasteiger partial charge in [0.2, 0.25) is 0 Å². The van der Waals surface area contributed by atoms with Crippen molar-refractivity contribution < 1.29 is 4.79 Å². The molecule has 0 atom stereocenters. The van der Waals surface area contributed by atoms with Crippen molar-refractivity contribution in [2.24, 2.45) is 0 Å². The highest BCUT2D eigenvalue weighted by Gasteiger charge is 2.19. The number of benzene rings is 2. The van der Waals surface area contributed by atoms with E-state index in [9.17, 15) is 4.79 Å². The summed E-state index contributed by atoms with van der Waals surface area (Å²) in [5, 5.41) is 2.83. The molecule has 3 rings (SSSR count). The first-order valence-electron chi connectivity index (χ1n) is 6.45. The van der Waals surface area contributed by atoms with Gasteiger partial charge >= 0.3 is 6.03 Å². The number of nitrogens with zero attached hydrogens (tertiary/aromatic N) is 1. The van der Waals surface area contributed by atoms with Crippen LogP contribution in [-0.2, 0) is 6.42 Å². The van der Waals surface area contributed by atoms with Gasteiger partial charge in [-0.15, -0.1) is 0 Å². The summed E-state index contributed by atoms with van der Waals surface area (Å²) in [7, 11) is 0. The van der Waals surface area contributed by atoms with Crippen molar-refractivity contribution >= 4 is 23.1 Å². The number of nitrogens with one attached hydrogen (secondary N) is 1. The van der Waals surface area contributed by atoms with Crippen molar-refractivity contribution in [3.63, 3.8) is 0 Å². The van der Waals surface area contributed by atoms with E-state index in [-0.39, 0.29) is 6.03 Å². The van der Waals surface area contributed by atoms with Crippen LogP contribution in [0.3, 0.4) is 0 Å². The zero-order valence-corrected chi connectivity index (χ0v) is 10.9. The van der Waals surface area contributed by atoms with Gasteiger partial charge in [0.25, 0.3) is 0 Å². The smallest absolute Gasteiger partial charge is 0.330 e. The average Bonchev–Trinajstić information content (AvgIpc) is 2.49. The molecule has 2 aromatic carbocycles. The van der Waals surface area contributed by atoms with E-state index in [1.165, 1.54) is 0 Å². The Morgan fingerprint density at radius 1 is 1.10 bits per heavy atom. The van der Waals surface area contributed by atoms with Gasteiger partial charge in [0.1, 0.15) is 0 Å². The summed E-state index contributed by atoms with van der Waals surface area (Å²) in [6.45, 7) is 0. The van der Waals surface area contributed by atoms with E-state index in [1.54, 1.807) is 23.2 Å². The fourth-order valence-corrected chi connectivity index (χ4v) is 2.25. The maximum atomic E-state index is 12.4. The van der Waals surface area contributed by atoms with Crippen LogP contribution in [0.1, 0.15) is 5.56 Å². The number of allylic oxidation sites excluding steroid dienone is 1. The molecule has 0 fully saturated rings. The third-order valence-electron chi connectivity index (χ3n) is 3.26. The molecule has 1 aliphatic heterocycles. The Hall–Kier alpha value is -2.75. The highest BCUT2D eigenvalue weighted by atomic mass is 16.2. The number of hydrogen-bond donors (Lipinski definition) is 2. The van der Waals surface area contributed by atoms with Crippen molar-refractivity contribution in [2.45, 2.75) is 6.42 Å². The Bertz CT molecular complexity index is 679. The third kappa shape index (κ3) is 2.23. The van der Waals surface area contributed by atoms with Crippen LogP contribution in [0.5, 0.6) is 0 Å². The van der Waals surface area contributed by atoms with Crippen molar-refractivity contribution in [3.8, 4) is 0 Å². The Morgan fingerprint density at radius 3 is 2.70 bits per heavy atom. The van der Waals surface area contributed by atoms with E-state index in [4.69, 9.17) is 5.73 Å². The lowest BCUT2D eigenvalue weighted by Crippen LogP contribution is -2.32. The van der Waals surface area contributed by atoms with Gasteiger partial charge in [-0.3, -0.25) is 4.90 Å². The lowest BCUT2D eigenvalue weighted by molar-refractivity contribution is 0.258.